The zero-order valence-corrected chi connectivity index (χ0v) is 22.4. The molecule has 41 heavy (non-hydrogen) atoms. The van der Waals surface area contributed by atoms with Gasteiger partial charge in [0.15, 0.2) is 5.82 Å². The Kier molecular flexibility index (Phi) is 7.07. The highest BCUT2D eigenvalue weighted by Crippen LogP contribution is 2.39. The maximum Gasteiger partial charge on any atom is 0.418 e. The lowest BCUT2D eigenvalue weighted by molar-refractivity contribution is -0.136. The van der Waals surface area contributed by atoms with E-state index in [-0.39, 0.29) is 34.1 Å². The number of nitrogen functional groups attached to an aromatic ring is 1. The molecule has 1 aliphatic heterocycles. The van der Waals surface area contributed by atoms with E-state index in [4.69, 9.17) is 10.5 Å². The SMILES string of the molecule is COc1ncc(-c2cc(C(F)(F)F)c3c(N)ncnn23)cc1C(=O)N[C@@H]1CN(S(=O)(=O)c2ccc(C)cc2)C[C@@H]1F. The molecule has 0 bridgehead atoms. The number of benzene rings is 1. The minimum atomic E-state index is -4.79. The van der Waals surface area contributed by atoms with Gasteiger partial charge in [-0.05, 0) is 31.2 Å². The summed E-state index contributed by atoms with van der Waals surface area (Å²) < 4.78 is 89.3. The van der Waals surface area contributed by atoms with E-state index < -0.39 is 57.8 Å². The zero-order valence-electron chi connectivity index (χ0n) is 21.6. The molecular formula is C25H23F4N7O4S. The molecule has 3 aromatic heterocycles. The first-order valence-electron chi connectivity index (χ1n) is 12.1. The number of nitrogens with zero attached hydrogens (tertiary/aromatic N) is 5. The molecule has 1 amide bonds. The number of rotatable bonds is 6. The number of carbonyl (C=O) groups excluding carboxylic acids is 1. The van der Waals surface area contributed by atoms with Crippen molar-refractivity contribution >= 4 is 27.3 Å². The molecule has 1 fully saturated rings. The van der Waals surface area contributed by atoms with Gasteiger partial charge in [0.25, 0.3) is 5.91 Å². The summed E-state index contributed by atoms with van der Waals surface area (Å²) in [4.78, 5) is 20.9. The number of halogens is 4. The van der Waals surface area contributed by atoms with Crippen LogP contribution in [0.3, 0.4) is 0 Å². The fraction of sp³-hybridized carbons (Fsp3) is 0.280. The standard InChI is InChI=1S/C25H23F4N7O4S/c1-13-3-5-15(6-4-13)41(38,39)35-10-18(26)19(11-35)34-23(37)16-7-14(9-31-24(16)40-2)20-8-17(25(27,28)29)21-22(30)32-12-33-36(20)21/h3-9,12,18-19H,10-11H2,1-2H3,(H,34,37)(H2,30,32,33)/t18-,19+/m0/s1. The lowest BCUT2D eigenvalue weighted by Gasteiger charge is -2.17. The second-order valence-corrected chi connectivity index (χ2v) is 11.3. The number of hydrogen-bond donors (Lipinski definition) is 2. The molecule has 16 heteroatoms. The summed E-state index contributed by atoms with van der Waals surface area (Å²) >= 11 is 0. The van der Waals surface area contributed by atoms with E-state index in [9.17, 15) is 30.8 Å². The number of carbonyl (C=O) groups is 1. The van der Waals surface area contributed by atoms with Gasteiger partial charge in [0.2, 0.25) is 15.9 Å². The Balaban J connectivity index is 1.45. The third-order valence-corrected chi connectivity index (χ3v) is 8.51. The molecule has 216 valence electrons. The highest BCUT2D eigenvalue weighted by Gasteiger charge is 2.41. The molecule has 1 aromatic carbocycles. The number of pyridine rings is 1. The van der Waals surface area contributed by atoms with E-state index in [1.54, 1.807) is 19.1 Å². The molecule has 0 saturated carbocycles. The van der Waals surface area contributed by atoms with Crippen LogP contribution in [0.4, 0.5) is 23.4 Å². The largest absolute Gasteiger partial charge is 0.480 e. The Labute approximate surface area is 231 Å². The monoisotopic (exact) mass is 593 g/mol. The van der Waals surface area contributed by atoms with Crippen LogP contribution in [0.1, 0.15) is 21.5 Å². The van der Waals surface area contributed by atoms with Crippen molar-refractivity contribution < 1.29 is 35.5 Å². The lowest BCUT2D eigenvalue weighted by Crippen LogP contribution is -2.42. The molecule has 0 aliphatic carbocycles. The number of aromatic nitrogens is 4. The Morgan fingerprint density at radius 2 is 1.85 bits per heavy atom. The van der Waals surface area contributed by atoms with Crippen molar-refractivity contribution in [3.05, 3.63) is 65.6 Å². The third-order valence-electron chi connectivity index (χ3n) is 6.66. The molecule has 4 aromatic rings. The van der Waals surface area contributed by atoms with Crippen LogP contribution in [0.2, 0.25) is 0 Å². The summed E-state index contributed by atoms with van der Waals surface area (Å²) in [5.74, 6) is -1.46. The van der Waals surface area contributed by atoms with Gasteiger partial charge in [-0.1, -0.05) is 17.7 Å². The van der Waals surface area contributed by atoms with Crippen LogP contribution in [0, 0.1) is 6.92 Å². The van der Waals surface area contributed by atoms with Crippen molar-refractivity contribution in [2.75, 3.05) is 25.9 Å². The fourth-order valence-corrected chi connectivity index (χ4v) is 6.05. The summed E-state index contributed by atoms with van der Waals surface area (Å²) in [6, 6.07) is 6.87. The van der Waals surface area contributed by atoms with Gasteiger partial charge in [-0.25, -0.2) is 27.3 Å². The minimum absolute atomic E-state index is 0.0112. The molecule has 0 spiro atoms. The van der Waals surface area contributed by atoms with Crippen molar-refractivity contribution in [3.8, 4) is 17.1 Å². The van der Waals surface area contributed by atoms with Crippen LogP contribution in [0.15, 0.2) is 53.8 Å². The molecular weight excluding hydrogens is 570 g/mol. The summed E-state index contributed by atoms with van der Waals surface area (Å²) in [6.45, 7) is 0.978. The van der Waals surface area contributed by atoms with Gasteiger partial charge >= 0.3 is 6.18 Å². The van der Waals surface area contributed by atoms with Gasteiger partial charge in [0.05, 0.1) is 29.3 Å². The number of ether oxygens (including phenoxy) is 1. The Hall–Kier alpha value is -4.31. The van der Waals surface area contributed by atoms with Gasteiger partial charge in [0.1, 0.15) is 23.6 Å². The molecule has 3 N–H and O–H groups in total. The average Bonchev–Trinajstić information content (AvgIpc) is 3.51. The second-order valence-electron chi connectivity index (χ2n) is 9.36. The number of fused-ring (bicyclic) bond motifs is 1. The summed E-state index contributed by atoms with van der Waals surface area (Å²) in [6.07, 6.45) is -4.36. The van der Waals surface area contributed by atoms with Crippen molar-refractivity contribution in [3.63, 3.8) is 0 Å². The second kappa shape index (κ2) is 10.3. The van der Waals surface area contributed by atoms with E-state index in [0.29, 0.717) is 0 Å². The van der Waals surface area contributed by atoms with Crippen LogP contribution in [-0.4, -0.2) is 70.6 Å². The molecule has 1 aliphatic rings. The molecule has 11 nitrogen and oxygen atoms in total. The normalized spacial score (nSPS) is 18.1. The number of amides is 1. The van der Waals surface area contributed by atoms with Crippen LogP contribution in [-0.2, 0) is 16.2 Å². The number of nitrogens with two attached hydrogens (primary N) is 1. The zero-order chi connectivity index (χ0) is 29.7. The Morgan fingerprint density at radius 1 is 1.15 bits per heavy atom. The number of anilines is 1. The highest BCUT2D eigenvalue weighted by molar-refractivity contribution is 7.89. The molecule has 0 radical (unpaired) electrons. The molecule has 4 heterocycles. The van der Waals surface area contributed by atoms with E-state index in [0.717, 1.165) is 26.8 Å². The van der Waals surface area contributed by atoms with E-state index in [2.05, 4.69) is 20.4 Å². The summed E-state index contributed by atoms with van der Waals surface area (Å²) in [5.41, 5.74) is 4.73. The molecule has 5 rings (SSSR count). The first kappa shape index (κ1) is 28.2. The van der Waals surface area contributed by atoms with Crippen molar-refractivity contribution in [1.29, 1.82) is 0 Å². The van der Waals surface area contributed by atoms with Gasteiger partial charge in [-0.3, -0.25) is 4.79 Å². The predicted octanol–water partition coefficient (Wildman–Crippen LogP) is 2.85. The first-order chi connectivity index (χ1) is 19.3. The van der Waals surface area contributed by atoms with Crippen LogP contribution in [0.5, 0.6) is 5.88 Å². The fourth-order valence-electron chi connectivity index (χ4n) is 4.58. The number of alkyl halides is 4. The average molecular weight is 594 g/mol. The van der Waals surface area contributed by atoms with Crippen molar-refractivity contribution in [2.24, 2.45) is 0 Å². The number of aryl methyl sites for hydroxylation is 1. The van der Waals surface area contributed by atoms with Crippen molar-refractivity contribution in [2.45, 2.75) is 30.2 Å². The molecule has 2 atom stereocenters. The van der Waals surface area contributed by atoms with E-state index in [1.165, 1.54) is 31.5 Å². The van der Waals surface area contributed by atoms with Gasteiger partial charge in [0, 0.05) is 24.8 Å². The Bertz CT molecular complexity index is 1740. The lowest BCUT2D eigenvalue weighted by atomic mass is 10.1. The minimum Gasteiger partial charge on any atom is -0.480 e. The van der Waals surface area contributed by atoms with Gasteiger partial charge in [-0.15, -0.1) is 0 Å². The maximum absolute atomic E-state index is 15.0. The highest BCUT2D eigenvalue weighted by atomic mass is 32.2. The number of nitrogens with one attached hydrogen (secondary N) is 1. The Morgan fingerprint density at radius 3 is 2.51 bits per heavy atom. The van der Waals surface area contributed by atoms with E-state index >= 15 is 0 Å². The summed E-state index contributed by atoms with van der Waals surface area (Å²) in [7, 11) is -2.80. The predicted molar refractivity (Wildman–Crippen MR) is 138 cm³/mol. The number of methoxy groups -OCH3 is 1. The topological polar surface area (TPSA) is 145 Å². The smallest absolute Gasteiger partial charge is 0.418 e. The van der Waals surface area contributed by atoms with Crippen LogP contribution >= 0.6 is 0 Å². The quantitative estimate of drug-likeness (QED) is 0.325. The number of sulfonamides is 1. The van der Waals surface area contributed by atoms with Gasteiger partial charge in [-0.2, -0.15) is 22.6 Å². The van der Waals surface area contributed by atoms with Gasteiger partial charge < -0.3 is 15.8 Å². The van der Waals surface area contributed by atoms with Crippen LogP contribution < -0.4 is 15.8 Å². The van der Waals surface area contributed by atoms with E-state index in [1.807, 2.05) is 0 Å². The summed E-state index contributed by atoms with van der Waals surface area (Å²) in [5, 5.41) is 6.34. The van der Waals surface area contributed by atoms with Crippen LogP contribution in [0.25, 0.3) is 16.8 Å². The molecule has 1 saturated heterocycles. The molecule has 0 unspecified atom stereocenters. The maximum atomic E-state index is 15.0. The first-order valence-corrected chi connectivity index (χ1v) is 13.5. The third kappa shape index (κ3) is 5.15. The van der Waals surface area contributed by atoms with Crippen molar-refractivity contribution in [1.82, 2.24) is 29.2 Å². The number of hydrogen-bond acceptors (Lipinski definition) is 8.